The highest BCUT2D eigenvalue weighted by molar-refractivity contribution is 9.10. The standard InChI is InChI=1S/C15H20BrN3O/c1-2-6-19-7-5-13-11(9-19)15(18-17-13)10-3-4-14(20)12(16)8-10/h3-4,8,11,15,18,20H,2,5-7,9H2,1H3. The molecule has 0 aliphatic carbocycles. The van der Waals surface area contributed by atoms with E-state index in [1.54, 1.807) is 6.07 Å². The quantitative estimate of drug-likeness (QED) is 0.891. The molecular weight excluding hydrogens is 318 g/mol. The zero-order valence-corrected chi connectivity index (χ0v) is 13.2. The topological polar surface area (TPSA) is 47.9 Å². The molecule has 0 aromatic heterocycles. The Bertz CT molecular complexity index is 532. The molecule has 0 bridgehead atoms. The Balaban J connectivity index is 1.79. The number of phenolic OH excluding ortho intramolecular Hbond substituents is 1. The molecule has 1 fully saturated rings. The third-order valence-corrected chi connectivity index (χ3v) is 4.82. The number of fused-ring (bicyclic) bond motifs is 1. The number of benzene rings is 1. The number of aromatic hydroxyl groups is 1. The van der Waals surface area contributed by atoms with Gasteiger partial charge in [0.1, 0.15) is 5.75 Å². The van der Waals surface area contributed by atoms with Crippen LogP contribution in [0.25, 0.3) is 0 Å². The second kappa shape index (κ2) is 5.74. The smallest absolute Gasteiger partial charge is 0.129 e. The van der Waals surface area contributed by atoms with Crippen LogP contribution in [0.5, 0.6) is 5.75 Å². The lowest BCUT2D eigenvalue weighted by atomic mass is 9.86. The first-order chi connectivity index (χ1) is 9.69. The zero-order valence-electron chi connectivity index (χ0n) is 11.6. The maximum atomic E-state index is 9.63. The summed E-state index contributed by atoms with van der Waals surface area (Å²) in [6, 6.07) is 5.94. The molecule has 2 atom stereocenters. The van der Waals surface area contributed by atoms with Crippen LogP contribution in [0.2, 0.25) is 0 Å². The molecule has 2 aliphatic rings. The van der Waals surface area contributed by atoms with Gasteiger partial charge in [-0.3, -0.25) is 0 Å². The number of halogens is 1. The maximum absolute atomic E-state index is 9.63. The summed E-state index contributed by atoms with van der Waals surface area (Å²) in [7, 11) is 0. The normalized spacial score (nSPS) is 26.0. The molecule has 0 radical (unpaired) electrons. The van der Waals surface area contributed by atoms with E-state index in [4.69, 9.17) is 0 Å². The Morgan fingerprint density at radius 3 is 3.10 bits per heavy atom. The summed E-state index contributed by atoms with van der Waals surface area (Å²) in [5, 5.41) is 14.2. The first-order valence-electron chi connectivity index (χ1n) is 7.21. The van der Waals surface area contributed by atoms with Crippen LogP contribution >= 0.6 is 15.9 Å². The number of piperidine rings is 1. The summed E-state index contributed by atoms with van der Waals surface area (Å²) in [5.74, 6) is 0.732. The van der Waals surface area contributed by atoms with Crippen molar-refractivity contribution < 1.29 is 5.11 Å². The fourth-order valence-electron chi connectivity index (χ4n) is 3.15. The Morgan fingerprint density at radius 1 is 1.50 bits per heavy atom. The number of rotatable bonds is 3. The van der Waals surface area contributed by atoms with Crippen molar-refractivity contribution in [2.45, 2.75) is 25.8 Å². The van der Waals surface area contributed by atoms with Gasteiger partial charge in [-0.15, -0.1) is 0 Å². The van der Waals surface area contributed by atoms with Crippen molar-refractivity contribution in [1.82, 2.24) is 10.3 Å². The van der Waals surface area contributed by atoms with E-state index in [-0.39, 0.29) is 11.8 Å². The molecule has 108 valence electrons. The highest BCUT2D eigenvalue weighted by Gasteiger charge is 2.36. The van der Waals surface area contributed by atoms with E-state index in [2.05, 4.69) is 38.3 Å². The summed E-state index contributed by atoms with van der Waals surface area (Å²) in [6.45, 7) is 5.58. The highest BCUT2D eigenvalue weighted by atomic mass is 79.9. The van der Waals surface area contributed by atoms with Gasteiger partial charge >= 0.3 is 0 Å². The number of likely N-dealkylation sites (tertiary alicyclic amines) is 1. The average Bonchev–Trinajstić information content (AvgIpc) is 2.85. The molecule has 0 saturated carbocycles. The Labute approximate surface area is 128 Å². The van der Waals surface area contributed by atoms with Gasteiger partial charge in [0.25, 0.3) is 0 Å². The third-order valence-electron chi connectivity index (χ3n) is 4.19. The zero-order chi connectivity index (χ0) is 14.1. The van der Waals surface area contributed by atoms with Gasteiger partial charge < -0.3 is 15.4 Å². The van der Waals surface area contributed by atoms with Crippen molar-refractivity contribution >= 4 is 21.6 Å². The fourth-order valence-corrected chi connectivity index (χ4v) is 3.55. The fraction of sp³-hybridized carbons (Fsp3) is 0.533. The summed E-state index contributed by atoms with van der Waals surface area (Å²) in [6.07, 6.45) is 2.26. The molecule has 0 spiro atoms. The van der Waals surface area contributed by atoms with Crippen LogP contribution in [-0.4, -0.2) is 35.4 Å². The first kappa shape index (κ1) is 13.9. The minimum atomic E-state index is 0.224. The van der Waals surface area contributed by atoms with Crippen molar-refractivity contribution in [3.63, 3.8) is 0 Å². The van der Waals surface area contributed by atoms with E-state index >= 15 is 0 Å². The highest BCUT2D eigenvalue weighted by Crippen LogP contribution is 2.35. The second-order valence-electron chi connectivity index (χ2n) is 5.58. The number of nitrogens with zero attached hydrogens (tertiary/aromatic N) is 2. The van der Waals surface area contributed by atoms with Crippen LogP contribution in [-0.2, 0) is 0 Å². The van der Waals surface area contributed by atoms with Gasteiger partial charge in [-0.1, -0.05) is 13.0 Å². The van der Waals surface area contributed by atoms with Crippen LogP contribution in [0.3, 0.4) is 0 Å². The van der Waals surface area contributed by atoms with Gasteiger partial charge in [0.2, 0.25) is 0 Å². The monoisotopic (exact) mass is 337 g/mol. The van der Waals surface area contributed by atoms with Crippen molar-refractivity contribution in [1.29, 1.82) is 0 Å². The lowest BCUT2D eigenvalue weighted by Gasteiger charge is -2.33. The summed E-state index contributed by atoms with van der Waals surface area (Å²) in [4.78, 5) is 2.53. The Kier molecular flexibility index (Phi) is 3.98. The number of hydrogen-bond acceptors (Lipinski definition) is 4. The Hall–Kier alpha value is -1.07. The molecule has 2 N–H and O–H groups in total. The van der Waals surface area contributed by atoms with E-state index in [1.165, 1.54) is 17.7 Å². The molecule has 4 nitrogen and oxygen atoms in total. The van der Waals surface area contributed by atoms with E-state index in [9.17, 15) is 5.11 Å². The molecule has 2 aliphatic heterocycles. The van der Waals surface area contributed by atoms with Crippen LogP contribution in [0.1, 0.15) is 31.4 Å². The van der Waals surface area contributed by atoms with Crippen molar-refractivity contribution in [3.05, 3.63) is 28.2 Å². The lowest BCUT2D eigenvalue weighted by molar-refractivity contribution is 0.228. The third kappa shape index (κ3) is 2.56. The molecule has 2 unspecified atom stereocenters. The second-order valence-corrected chi connectivity index (χ2v) is 6.43. The molecule has 1 aromatic carbocycles. The van der Waals surface area contributed by atoms with E-state index < -0.39 is 0 Å². The van der Waals surface area contributed by atoms with E-state index in [0.29, 0.717) is 5.92 Å². The van der Waals surface area contributed by atoms with E-state index in [0.717, 1.165) is 30.5 Å². The van der Waals surface area contributed by atoms with Gasteiger partial charge in [0.05, 0.1) is 10.5 Å². The molecule has 2 heterocycles. The molecular formula is C15H20BrN3O. The van der Waals surface area contributed by atoms with Gasteiger partial charge in [-0.05, 0) is 46.6 Å². The largest absolute Gasteiger partial charge is 0.507 e. The van der Waals surface area contributed by atoms with Crippen LogP contribution in [0, 0.1) is 5.92 Å². The van der Waals surface area contributed by atoms with Crippen molar-refractivity contribution in [2.75, 3.05) is 19.6 Å². The molecule has 1 saturated heterocycles. The number of phenols is 1. The molecule has 5 heteroatoms. The van der Waals surface area contributed by atoms with Crippen LogP contribution in [0.4, 0.5) is 0 Å². The summed E-state index contributed by atoms with van der Waals surface area (Å²) in [5.41, 5.74) is 5.76. The molecule has 20 heavy (non-hydrogen) atoms. The minimum absolute atomic E-state index is 0.224. The Morgan fingerprint density at radius 2 is 2.35 bits per heavy atom. The minimum Gasteiger partial charge on any atom is -0.507 e. The van der Waals surface area contributed by atoms with Crippen molar-refractivity contribution in [2.24, 2.45) is 11.0 Å². The van der Waals surface area contributed by atoms with Gasteiger partial charge in [-0.2, -0.15) is 5.10 Å². The average molecular weight is 338 g/mol. The van der Waals surface area contributed by atoms with Gasteiger partial charge in [-0.25, -0.2) is 0 Å². The van der Waals surface area contributed by atoms with Crippen LogP contribution < -0.4 is 5.43 Å². The number of hydrogen-bond donors (Lipinski definition) is 2. The van der Waals surface area contributed by atoms with Gasteiger partial charge in [0.15, 0.2) is 0 Å². The summed E-state index contributed by atoms with van der Waals surface area (Å²) < 4.78 is 0.742. The number of nitrogens with one attached hydrogen (secondary N) is 1. The predicted molar refractivity (Wildman–Crippen MR) is 84.0 cm³/mol. The molecule has 3 rings (SSSR count). The number of hydrazone groups is 1. The lowest BCUT2D eigenvalue weighted by Crippen LogP contribution is -2.42. The first-order valence-corrected chi connectivity index (χ1v) is 8.01. The SMILES string of the molecule is CCCN1CCC2=NNC(c3ccc(O)c(Br)c3)C2C1. The predicted octanol–water partition coefficient (Wildman–Crippen LogP) is 2.89. The maximum Gasteiger partial charge on any atom is 0.129 e. The van der Waals surface area contributed by atoms with Crippen molar-refractivity contribution in [3.8, 4) is 5.75 Å². The van der Waals surface area contributed by atoms with Gasteiger partial charge in [0, 0.05) is 31.1 Å². The molecule has 1 aromatic rings. The summed E-state index contributed by atoms with van der Waals surface area (Å²) >= 11 is 3.39. The van der Waals surface area contributed by atoms with Crippen LogP contribution in [0.15, 0.2) is 27.8 Å². The molecule has 0 amide bonds. The van der Waals surface area contributed by atoms with E-state index in [1.807, 2.05) is 12.1 Å².